The summed E-state index contributed by atoms with van der Waals surface area (Å²) >= 11 is 6.01. The summed E-state index contributed by atoms with van der Waals surface area (Å²) in [5.74, 6) is -1.86. The fourth-order valence-electron chi connectivity index (χ4n) is 2.39. The molecular formula is C13H16ClNO4S. The Kier molecular flexibility index (Phi) is 4.09. The van der Waals surface area contributed by atoms with Gasteiger partial charge in [-0.3, -0.25) is 4.79 Å². The normalized spacial score (nSPS) is 23.9. The lowest BCUT2D eigenvalue weighted by molar-refractivity contribution is -0.142. The maximum absolute atomic E-state index is 12.5. The second-order valence-corrected chi connectivity index (χ2v) is 7.49. The van der Waals surface area contributed by atoms with E-state index in [0.29, 0.717) is 0 Å². The lowest BCUT2D eigenvalue weighted by Gasteiger charge is -2.17. The quantitative estimate of drug-likeness (QED) is 0.925. The van der Waals surface area contributed by atoms with E-state index >= 15 is 0 Å². The number of carbonyl (C=O) groups is 1. The molecule has 1 aromatic rings. The molecule has 1 aromatic carbocycles. The van der Waals surface area contributed by atoms with Gasteiger partial charge in [0.05, 0.1) is 10.9 Å². The largest absolute Gasteiger partial charge is 0.481 e. The number of aliphatic carboxylic acids is 1. The van der Waals surface area contributed by atoms with Crippen LogP contribution in [0.2, 0.25) is 5.02 Å². The van der Waals surface area contributed by atoms with E-state index in [9.17, 15) is 13.2 Å². The standard InChI is InChI=1S/C13H16ClNO4S/c1-8-3-4-12(11(14)5-8)20(18,19)15-6-9(2)10(7-15)13(16)17/h3-5,9-10H,6-7H2,1-2H3,(H,16,17). The molecule has 1 N–H and O–H groups in total. The molecule has 0 radical (unpaired) electrons. The van der Waals surface area contributed by atoms with Crippen molar-refractivity contribution in [3.05, 3.63) is 28.8 Å². The van der Waals surface area contributed by atoms with E-state index in [1.165, 1.54) is 10.4 Å². The predicted octanol–water partition coefficient (Wildman–Crippen LogP) is 1.99. The molecule has 0 bridgehead atoms. The maximum Gasteiger partial charge on any atom is 0.308 e. The van der Waals surface area contributed by atoms with E-state index < -0.39 is 21.9 Å². The van der Waals surface area contributed by atoms with Crippen molar-refractivity contribution in [1.82, 2.24) is 4.31 Å². The van der Waals surface area contributed by atoms with E-state index in [1.807, 2.05) is 6.92 Å². The molecule has 1 heterocycles. The third-order valence-electron chi connectivity index (χ3n) is 3.60. The summed E-state index contributed by atoms with van der Waals surface area (Å²) in [5.41, 5.74) is 0.868. The molecule has 0 saturated carbocycles. The number of benzene rings is 1. The van der Waals surface area contributed by atoms with Gasteiger partial charge in [-0.2, -0.15) is 4.31 Å². The van der Waals surface area contributed by atoms with E-state index in [2.05, 4.69) is 0 Å². The summed E-state index contributed by atoms with van der Waals surface area (Å²) in [6, 6.07) is 4.72. The van der Waals surface area contributed by atoms with Crippen LogP contribution in [-0.4, -0.2) is 36.9 Å². The third kappa shape index (κ3) is 2.68. The molecule has 1 aliphatic rings. The fourth-order valence-corrected chi connectivity index (χ4v) is 4.53. The molecule has 0 aliphatic carbocycles. The van der Waals surface area contributed by atoms with Crippen LogP contribution in [0.25, 0.3) is 0 Å². The van der Waals surface area contributed by atoms with Crippen molar-refractivity contribution in [2.45, 2.75) is 18.7 Å². The van der Waals surface area contributed by atoms with Gasteiger partial charge in [-0.25, -0.2) is 8.42 Å². The van der Waals surface area contributed by atoms with Gasteiger partial charge in [-0.05, 0) is 30.5 Å². The van der Waals surface area contributed by atoms with Crippen LogP contribution in [0.3, 0.4) is 0 Å². The Morgan fingerprint density at radius 3 is 2.55 bits per heavy atom. The molecule has 110 valence electrons. The molecule has 0 amide bonds. The molecule has 5 nitrogen and oxygen atoms in total. The average Bonchev–Trinajstić information content (AvgIpc) is 2.71. The molecule has 2 rings (SSSR count). The highest BCUT2D eigenvalue weighted by molar-refractivity contribution is 7.89. The highest BCUT2D eigenvalue weighted by Crippen LogP contribution is 2.31. The summed E-state index contributed by atoms with van der Waals surface area (Å²) in [7, 11) is -3.75. The molecule has 0 aromatic heterocycles. The Hall–Kier alpha value is -1.11. The number of carboxylic acids is 1. The highest BCUT2D eigenvalue weighted by atomic mass is 35.5. The number of rotatable bonds is 3. The van der Waals surface area contributed by atoms with Crippen molar-refractivity contribution in [2.75, 3.05) is 13.1 Å². The van der Waals surface area contributed by atoms with Crippen molar-refractivity contribution in [3.8, 4) is 0 Å². The number of carboxylic acid groups (broad SMARTS) is 1. The van der Waals surface area contributed by atoms with Crippen LogP contribution in [0, 0.1) is 18.8 Å². The smallest absolute Gasteiger partial charge is 0.308 e. The molecule has 20 heavy (non-hydrogen) atoms. The number of hydrogen-bond acceptors (Lipinski definition) is 3. The van der Waals surface area contributed by atoms with E-state index in [0.717, 1.165) is 5.56 Å². The zero-order valence-electron chi connectivity index (χ0n) is 11.2. The van der Waals surface area contributed by atoms with Gasteiger partial charge in [0.25, 0.3) is 0 Å². The van der Waals surface area contributed by atoms with Crippen molar-refractivity contribution in [1.29, 1.82) is 0 Å². The molecule has 1 aliphatic heterocycles. The number of hydrogen-bond donors (Lipinski definition) is 1. The number of aryl methyl sites for hydroxylation is 1. The van der Waals surface area contributed by atoms with Crippen LogP contribution >= 0.6 is 11.6 Å². The Morgan fingerprint density at radius 2 is 2.05 bits per heavy atom. The summed E-state index contributed by atoms with van der Waals surface area (Å²) in [4.78, 5) is 11.1. The van der Waals surface area contributed by atoms with Crippen LogP contribution < -0.4 is 0 Å². The lowest BCUT2D eigenvalue weighted by Crippen LogP contribution is -2.30. The summed E-state index contributed by atoms with van der Waals surface area (Å²) < 4.78 is 26.3. The molecule has 7 heteroatoms. The summed E-state index contributed by atoms with van der Waals surface area (Å²) in [6.07, 6.45) is 0. The first-order chi connectivity index (χ1) is 9.23. The molecule has 2 atom stereocenters. The second kappa shape index (κ2) is 5.35. The Labute approximate surface area is 123 Å². The minimum absolute atomic E-state index is 0.0109. The minimum Gasteiger partial charge on any atom is -0.481 e. The number of nitrogens with zero attached hydrogens (tertiary/aromatic N) is 1. The van der Waals surface area contributed by atoms with Crippen LogP contribution in [0.1, 0.15) is 12.5 Å². The first kappa shape index (κ1) is 15.3. The maximum atomic E-state index is 12.5. The van der Waals surface area contributed by atoms with Crippen molar-refractivity contribution < 1.29 is 18.3 Å². The Morgan fingerprint density at radius 1 is 1.40 bits per heavy atom. The van der Waals surface area contributed by atoms with Gasteiger partial charge in [0.1, 0.15) is 4.90 Å². The van der Waals surface area contributed by atoms with Crippen molar-refractivity contribution >= 4 is 27.6 Å². The van der Waals surface area contributed by atoms with Gasteiger partial charge in [-0.1, -0.05) is 24.6 Å². The van der Waals surface area contributed by atoms with Crippen LogP contribution in [0.15, 0.2) is 23.1 Å². The minimum atomic E-state index is -3.75. The molecule has 2 unspecified atom stereocenters. The first-order valence-electron chi connectivity index (χ1n) is 6.22. The molecular weight excluding hydrogens is 302 g/mol. The average molecular weight is 318 g/mol. The van der Waals surface area contributed by atoms with Gasteiger partial charge in [0.15, 0.2) is 0 Å². The van der Waals surface area contributed by atoms with Gasteiger partial charge in [0, 0.05) is 13.1 Å². The van der Waals surface area contributed by atoms with Gasteiger partial charge >= 0.3 is 5.97 Å². The van der Waals surface area contributed by atoms with E-state index in [-0.39, 0.29) is 28.9 Å². The highest BCUT2D eigenvalue weighted by Gasteiger charge is 2.41. The predicted molar refractivity (Wildman–Crippen MR) is 75.2 cm³/mol. The van der Waals surface area contributed by atoms with Crippen molar-refractivity contribution in [3.63, 3.8) is 0 Å². The van der Waals surface area contributed by atoms with Crippen LogP contribution in [0.5, 0.6) is 0 Å². The topological polar surface area (TPSA) is 74.7 Å². The number of halogens is 1. The molecule has 1 fully saturated rings. The van der Waals surface area contributed by atoms with E-state index in [1.54, 1.807) is 19.1 Å². The van der Waals surface area contributed by atoms with Gasteiger partial charge < -0.3 is 5.11 Å². The Balaban J connectivity index is 2.35. The SMILES string of the molecule is Cc1ccc(S(=O)(=O)N2CC(C)C(C(=O)O)C2)c(Cl)c1. The first-order valence-corrected chi connectivity index (χ1v) is 8.04. The van der Waals surface area contributed by atoms with Gasteiger partial charge in [0.2, 0.25) is 10.0 Å². The van der Waals surface area contributed by atoms with Crippen molar-refractivity contribution in [2.24, 2.45) is 11.8 Å². The third-order valence-corrected chi connectivity index (χ3v) is 5.92. The Bertz CT molecular complexity index is 644. The van der Waals surface area contributed by atoms with E-state index in [4.69, 9.17) is 16.7 Å². The monoisotopic (exact) mass is 317 g/mol. The molecule has 1 saturated heterocycles. The zero-order valence-corrected chi connectivity index (χ0v) is 12.8. The summed E-state index contributed by atoms with van der Waals surface area (Å²) in [6.45, 7) is 3.75. The number of sulfonamides is 1. The molecule has 0 spiro atoms. The van der Waals surface area contributed by atoms with Crippen LogP contribution in [-0.2, 0) is 14.8 Å². The zero-order chi connectivity index (χ0) is 15.1. The lowest BCUT2D eigenvalue weighted by atomic mass is 9.99. The fraction of sp³-hybridized carbons (Fsp3) is 0.462. The van der Waals surface area contributed by atoms with Gasteiger partial charge in [-0.15, -0.1) is 0 Å². The summed E-state index contributed by atoms with van der Waals surface area (Å²) in [5, 5.41) is 9.24. The second-order valence-electron chi connectivity index (χ2n) is 5.18. The van der Waals surface area contributed by atoms with Crippen LogP contribution in [0.4, 0.5) is 0 Å².